The van der Waals surface area contributed by atoms with Crippen LogP contribution in [0.3, 0.4) is 0 Å². The largest absolute Gasteiger partial charge is 0.397 e. The first kappa shape index (κ1) is 15.8. The Labute approximate surface area is 119 Å². The Bertz CT molecular complexity index is 500. The molecule has 0 aliphatic rings. The summed E-state index contributed by atoms with van der Waals surface area (Å²) in [5.74, 6) is -0.595. The summed E-state index contributed by atoms with van der Waals surface area (Å²) in [5, 5.41) is 2.71. The zero-order chi connectivity index (χ0) is 15.3. The fourth-order valence-electron chi connectivity index (χ4n) is 1.93. The zero-order valence-corrected chi connectivity index (χ0v) is 12.1. The molecule has 0 aliphatic heterocycles. The van der Waals surface area contributed by atoms with E-state index in [9.17, 15) is 9.59 Å². The van der Waals surface area contributed by atoms with Gasteiger partial charge in [0.15, 0.2) is 0 Å². The SMILES string of the molecule is CCNC(=O)c1ccc(N(CC(N)=O)C(C)C)c(N)c1. The molecule has 6 heteroatoms. The molecule has 0 unspecified atom stereocenters. The molecule has 0 saturated heterocycles. The van der Waals surface area contributed by atoms with Crippen molar-refractivity contribution >= 4 is 23.2 Å². The van der Waals surface area contributed by atoms with Gasteiger partial charge in [0.25, 0.3) is 5.91 Å². The summed E-state index contributed by atoms with van der Waals surface area (Å²) >= 11 is 0. The number of nitrogens with one attached hydrogen (secondary N) is 1. The number of anilines is 2. The maximum absolute atomic E-state index is 11.7. The van der Waals surface area contributed by atoms with E-state index in [0.717, 1.165) is 0 Å². The van der Waals surface area contributed by atoms with Crippen molar-refractivity contribution in [1.29, 1.82) is 0 Å². The van der Waals surface area contributed by atoms with Crippen LogP contribution < -0.4 is 21.7 Å². The molecule has 20 heavy (non-hydrogen) atoms. The van der Waals surface area contributed by atoms with Gasteiger partial charge in [-0.05, 0) is 39.0 Å². The molecule has 0 aliphatic carbocycles. The predicted molar refractivity (Wildman–Crippen MR) is 80.5 cm³/mol. The number of nitrogens with zero attached hydrogens (tertiary/aromatic N) is 1. The molecular formula is C14H22N4O2. The van der Waals surface area contributed by atoms with Gasteiger partial charge in [0.05, 0.1) is 17.9 Å². The van der Waals surface area contributed by atoms with Crippen LogP contribution in [-0.2, 0) is 4.79 Å². The lowest BCUT2D eigenvalue weighted by Gasteiger charge is -2.29. The molecule has 110 valence electrons. The van der Waals surface area contributed by atoms with E-state index in [-0.39, 0.29) is 18.5 Å². The highest BCUT2D eigenvalue weighted by atomic mass is 16.2. The molecule has 0 aromatic heterocycles. The summed E-state index contributed by atoms with van der Waals surface area (Å²) in [6.07, 6.45) is 0. The van der Waals surface area contributed by atoms with Gasteiger partial charge in [-0.25, -0.2) is 0 Å². The van der Waals surface area contributed by atoms with Gasteiger partial charge in [0.1, 0.15) is 0 Å². The van der Waals surface area contributed by atoms with Crippen molar-refractivity contribution in [3.8, 4) is 0 Å². The van der Waals surface area contributed by atoms with Crippen LogP contribution >= 0.6 is 0 Å². The van der Waals surface area contributed by atoms with Crippen LogP contribution in [-0.4, -0.2) is 30.9 Å². The second-order valence-corrected chi connectivity index (χ2v) is 4.82. The number of hydrogen-bond donors (Lipinski definition) is 3. The smallest absolute Gasteiger partial charge is 0.251 e. The molecule has 0 saturated carbocycles. The highest BCUT2D eigenvalue weighted by molar-refractivity contribution is 5.96. The third-order valence-electron chi connectivity index (χ3n) is 2.89. The van der Waals surface area contributed by atoms with Crippen molar-refractivity contribution in [3.05, 3.63) is 23.8 Å². The monoisotopic (exact) mass is 278 g/mol. The normalized spacial score (nSPS) is 10.4. The molecule has 1 aromatic carbocycles. The summed E-state index contributed by atoms with van der Waals surface area (Å²) in [4.78, 5) is 24.7. The lowest BCUT2D eigenvalue weighted by molar-refractivity contribution is -0.116. The van der Waals surface area contributed by atoms with Crippen molar-refractivity contribution in [1.82, 2.24) is 5.32 Å². The minimum atomic E-state index is -0.425. The van der Waals surface area contributed by atoms with E-state index in [1.54, 1.807) is 23.1 Å². The zero-order valence-electron chi connectivity index (χ0n) is 12.1. The van der Waals surface area contributed by atoms with Crippen molar-refractivity contribution in [3.63, 3.8) is 0 Å². The maximum Gasteiger partial charge on any atom is 0.251 e. The molecule has 0 spiro atoms. The van der Waals surface area contributed by atoms with Gasteiger partial charge in [-0.2, -0.15) is 0 Å². The van der Waals surface area contributed by atoms with Crippen LogP contribution in [0, 0.1) is 0 Å². The van der Waals surface area contributed by atoms with Crippen molar-refractivity contribution in [2.75, 3.05) is 23.7 Å². The number of nitrogen functional groups attached to an aromatic ring is 1. The van der Waals surface area contributed by atoms with Crippen molar-refractivity contribution in [2.24, 2.45) is 5.73 Å². The van der Waals surface area contributed by atoms with Gasteiger partial charge >= 0.3 is 0 Å². The van der Waals surface area contributed by atoms with E-state index in [4.69, 9.17) is 11.5 Å². The number of carbonyl (C=O) groups is 2. The second-order valence-electron chi connectivity index (χ2n) is 4.82. The van der Waals surface area contributed by atoms with Crippen LogP contribution in [0.1, 0.15) is 31.1 Å². The molecule has 6 nitrogen and oxygen atoms in total. The third-order valence-corrected chi connectivity index (χ3v) is 2.89. The first-order valence-corrected chi connectivity index (χ1v) is 6.59. The lowest BCUT2D eigenvalue weighted by Crippen LogP contribution is -2.39. The minimum Gasteiger partial charge on any atom is -0.397 e. The molecule has 0 heterocycles. The fraction of sp³-hybridized carbons (Fsp3) is 0.429. The van der Waals surface area contributed by atoms with Crippen LogP contribution in [0.2, 0.25) is 0 Å². The molecule has 1 aromatic rings. The Hall–Kier alpha value is -2.24. The molecule has 0 atom stereocenters. The van der Waals surface area contributed by atoms with Gasteiger partial charge in [0.2, 0.25) is 5.91 Å². The summed E-state index contributed by atoms with van der Waals surface area (Å²) in [7, 11) is 0. The Morgan fingerprint density at radius 3 is 2.45 bits per heavy atom. The van der Waals surface area contributed by atoms with E-state index in [1.165, 1.54) is 0 Å². The van der Waals surface area contributed by atoms with E-state index < -0.39 is 5.91 Å². The summed E-state index contributed by atoms with van der Waals surface area (Å²) < 4.78 is 0. The minimum absolute atomic E-state index is 0.0696. The van der Waals surface area contributed by atoms with Gasteiger partial charge < -0.3 is 21.7 Å². The van der Waals surface area contributed by atoms with Crippen LogP contribution in [0.4, 0.5) is 11.4 Å². The standard InChI is InChI=1S/C14H22N4O2/c1-4-17-14(20)10-5-6-12(11(15)7-10)18(9(2)3)8-13(16)19/h5-7,9H,4,8,15H2,1-3H3,(H2,16,19)(H,17,20). The second kappa shape index (κ2) is 6.79. The van der Waals surface area contributed by atoms with E-state index >= 15 is 0 Å². The Morgan fingerprint density at radius 2 is 2.00 bits per heavy atom. The Morgan fingerprint density at radius 1 is 1.35 bits per heavy atom. The van der Waals surface area contributed by atoms with Gasteiger partial charge in [-0.3, -0.25) is 9.59 Å². The lowest BCUT2D eigenvalue weighted by atomic mass is 10.1. The number of primary amides is 1. The Kier molecular flexibility index (Phi) is 5.37. The average molecular weight is 278 g/mol. The number of rotatable bonds is 6. The fourth-order valence-corrected chi connectivity index (χ4v) is 1.93. The van der Waals surface area contributed by atoms with Gasteiger partial charge in [0, 0.05) is 18.2 Å². The molecular weight excluding hydrogens is 256 g/mol. The van der Waals surface area contributed by atoms with Crippen LogP contribution in [0.5, 0.6) is 0 Å². The van der Waals surface area contributed by atoms with Crippen LogP contribution in [0.25, 0.3) is 0 Å². The molecule has 2 amide bonds. The van der Waals surface area contributed by atoms with E-state index in [2.05, 4.69) is 5.32 Å². The summed E-state index contributed by atoms with van der Waals surface area (Å²) in [5.41, 5.74) is 12.9. The van der Waals surface area contributed by atoms with E-state index in [1.807, 2.05) is 20.8 Å². The number of hydrogen-bond acceptors (Lipinski definition) is 4. The quantitative estimate of drug-likeness (QED) is 0.667. The number of benzene rings is 1. The van der Waals surface area contributed by atoms with Crippen molar-refractivity contribution in [2.45, 2.75) is 26.8 Å². The molecule has 5 N–H and O–H groups in total. The highest BCUT2D eigenvalue weighted by Crippen LogP contribution is 2.26. The third kappa shape index (κ3) is 3.88. The maximum atomic E-state index is 11.7. The summed E-state index contributed by atoms with van der Waals surface area (Å²) in [6, 6.07) is 5.10. The number of amides is 2. The molecule has 0 radical (unpaired) electrons. The first-order valence-electron chi connectivity index (χ1n) is 6.59. The average Bonchev–Trinajstić information content (AvgIpc) is 2.36. The number of nitrogens with two attached hydrogens (primary N) is 2. The van der Waals surface area contributed by atoms with Gasteiger partial charge in [-0.15, -0.1) is 0 Å². The predicted octanol–water partition coefficient (Wildman–Crippen LogP) is 0.719. The summed E-state index contributed by atoms with van der Waals surface area (Å²) in [6.45, 7) is 6.38. The van der Waals surface area contributed by atoms with Crippen molar-refractivity contribution < 1.29 is 9.59 Å². The Balaban J connectivity index is 3.07. The topological polar surface area (TPSA) is 101 Å². The molecule has 0 bridgehead atoms. The number of carbonyl (C=O) groups excluding carboxylic acids is 2. The van der Waals surface area contributed by atoms with Gasteiger partial charge in [-0.1, -0.05) is 0 Å². The van der Waals surface area contributed by atoms with E-state index in [0.29, 0.717) is 23.5 Å². The highest BCUT2D eigenvalue weighted by Gasteiger charge is 2.17. The molecule has 0 fully saturated rings. The van der Waals surface area contributed by atoms with Crippen LogP contribution in [0.15, 0.2) is 18.2 Å². The first-order chi connectivity index (χ1) is 9.36. The molecule has 1 rings (SSSR count).